The molecule has 1 aromatic rings. The molecule has 0 amide bonds. The number of aliphatic hydroxyl groups is 2. The molecule has 0 spiro atoms. The smallest absolute Gasteiger partial charge is 0.0558 e. The van der Waals surface area contributed by atoms with Gasteiger partial charge in [-0.25, -0.2) is 0 Å². The molecule has 4 heteroatoms. The summed E-state index contributed by atoms with van der Waals surface area (Å²) >= 11 is 0. The average Bonchev–Trinajstić information content (AvgIpc) is 2.20. The third kappa shape index (κ3) is 3.83. The van der Waals surface area contributed by atoms with Gasteiger partial charge in [-0.2, -0.15) is 0 Å². The molecule has 0 saturated heterocycles. The number of nitrogens with zero attached hydrogens (tertiary/aromatic N) is 2. The molecule has 0 aromatic carbocycles. The molecule has 0 aliphatic rings. The molecule has 0 fully saturated rings. The van der Waals surface area contributed by atoms with Gasteiger partial charge in [0, 0.05) is 25.8 Å². The first-order valence-electron chi connectivity index (χ1n) is 4.71. The Morgan fingerprint density at radius 1 is 1.14 bits per heavy atom. The molecule has 0 radical (unpaired) electrons. The third-order valence-corrected chi connectivity index (χ3v) is 1.94. The van der Waals surface area contributed by atoms with Crippen LogP contribution in [-0.2, 0) is 6.54 Å². The third-order valence-electron chi connectivity index (χ3n) is 1.94. The highest BCUT2D eigenvalue weighted by Gasteiger charge is 2.04. The Labute approximate surface area is 83.8 Å². The van der Waals surface area contributed by atoms with E-state index in [-0.39, 0.29) is 13.2 Å². The molecule has 0 atom stereocenters. The van der Waals surface area contributed by atoms with Crippen molar-refractivity contribution in [3.63, 3.8) is 0 Å². The van der Waals surface area contributed by atoms with E-state index in [1.54, 1.807) is 6.20 Å². The molecule has 0 unspecified atom stereocenters. The molecule has 14 heavy (non-hydrogen) atoms. The lowest BCUT2D eigenvalue weighted by atomic mass is 10.3. The van der Waals surface area contributed by atoms with E-state index in [1.165, 1.54) is 0 Å². The quantitative estimate of drug-likeness (QED) is 0.665. The minimum Gasteiger partial charge on any atom is -0.395 e. The number of pyridine rings is 1. The number of hydrogen-bond donors (Lipinski definition) is 2. The van der Waals surface area contributed by atoms with Crippen molar-refractivity contribution in [3.8, 4) is 0 Å². The largest absolute Gasteiger partial charge is 0.395 e. The van der Waals surface area contributed by atoms with E-state index < -0.39 is 0 Å². The summed E-state index contributed by atoms with van der Waals surface area (Å²) in [5.74, 6) is 0. The lowest BCUT2D eigenvalue weighted by Gasteiger charge is -2.19. The maximum absolute atomic E-state index is 8.80. The summed E-state index contributed by atoms with van der Waals surface area (Å²) in [5, 5.41) is 17.6. The van der Waals surface area contributed by atoms with E-state index >= 15 is 0 Å². The molecule has 78 valence electrons. The van der Waals surface area contributed by atoms with E-state index in [0.717, 1.165) is 5.69 Å². The van der Waals surface area contributed by atoms with Gasteiger partial charge in [0.1, 0.15) is 0 Å². The van der Waals surface area contributed by atoms with Gasteiger partial charge in [0.05, 0.1) is 18.9 Å². The second kappa shape index (κ2) is 6.48. The van der Waals surface area contributed by atoms with Crippen LogP contribution in [-0.4, -0.2) is 46.4 Å². The second-order valence-corrected chi connectivity index (χ2v) is 3.04. The highest BCUT2D eigenvalue weighted by atomic mass is 16.3. The minimum atomic E-state index is 0.104. The predicted molar refractivity (Wildman–Crippen MR) is 53.7 cm³/mol. The van der Waals surface area contributed by atoms with Gasteiger partial charge in [0.15, 0.2) is 0 Å². The van der Waals surface area contributed by atoms with Crippen LogP contribution in [0.2, 0.25) is 0 Å². The van der Waals surface area contributed by atoms with Crippen LogP contribution >= 0.6 is 0 Å². The summed E-state index contributed by atoms with van der Waals surface area (Å²) in [6, 6.07) is 5.73. The van der Waals surface area contributed by atoms with Crippen molar-refractivity contribution in [1.29, 1.82) is 0 Å². The number of aliphatic hydroxyl groups excluding tert-OH is 2. The summed E-state index contributed by atoms with van der Waals surface area (Å²) in [7, 11) is 0. The zero-order valence-corrected chi connectivity index (χ0v) is 8.13. The topological polar surface area (TPSA) is 56.6 Å². The van der Waals surface area contributed by atoms with Crippen LogP contribution in [0.15, 0.2) is 24.4 Å². The van der Waals surface area contributed by atoms with Crippen molar-refractivity contribution in [2.45, 2.75) is 6.54 Å². The maximum atomic E-state index is 8.80. The van der Waals surface area contributed by atoms with Gasteiger partial charge in [0.25, 0.3) is 0 Å². The minimum absolute atomic E-state index is 0.104. The fraction of sp³-hybridized carbons (Fsp3) is 0.500. The summed E-state index contributed by atoms with van der Waals surface area (Å²) in [4.78, 5) is 6.14. The van der Waals surface area contributed by atoms with Crippen LogP contribution in [0.25, 0.3) is 0 Å². The van der Waals surface area contributed by atoms with Crippen LogP contribution in [0.1, 0.15) is 5.69 Å². The first kappa shape index (κ1) is 11.1. The Kier molecular flexibility index (Phi) is 5.14. The fourth-order valence-electron chi connectivity index (χ4n) is 1.27. The number of aromatic nitrogens is 1. The Morgan fingerprint density at radius 2 is 1.86 bits per heavy atom. The summed E-state index contributed by atoms with van der Waals surface area (Å²) in [5.41, 5.74) is 0.953. The summed E-state index contributed by atoms with van der Waals surface area (Å²) in [6.45, 7) is 2.01. The van der Waals surface area contributed by atoms with Gasteiger partial charge in [-0.15, -0.1) is 0 Å². The van der Waals surface area contributed by atoms with Crippen LogP contribution in [0.4, 0.5) is 0 Å². The van der Waals surface area contributed by atoms with Gasteiger partial charge in [-0.1, -0.05) is 6.07 Å². The van der Waals surface area contributed by atoms with E-state index in [4.69, 9.17) is 10.2 Å². The average molecular weight is 196 g/mol. The highest BCUT2D eigenvalue weighted by molar-refractivity contribution is 5.03. The van der Waals surface area contributed by atoms with Gasteiger partial charge in [-0.3, -0.25) is 9.88 Å². The molecule has 2 N–H and O–H groups in total. The standard InChI is InChI=1S/C10H16N2O2/c13-7-5-12(6-8-14)9-10-3-1-2-4-11-10/h1-4,13-14H,5-9H2. The Hall–Kier alpha value is -0.970. The lowest BCUT2D eigenvalue weighted by Crippen LogP contribution is -2.29. The maximum Gasteiger partial charge on any atom is 0.0558 e. The van der Waals surface area contributed by atoms with E-state index in [1.807, 2.05) is 23.1 Å². The van der Waals surface area contributed by atoms with Crippen LogP contribution in [0.5, 0.6) is 0 Å². The summed E-state index contributed by atoms with van der Waals surface area (Å²) < 4.78 is 0. The van der Waals surface area contributed by atoms with Crippen LogP contribution in [0.3, 0.4) is 0 Å². The molecule has 0 bridgehead atoms. The lowest BCUT2D eigenvalue weighted by molar-refractivity contribution is 0.154. The molecular formula is C10H16N2O2. The zero-order chi connectivity index (χ0) is 10.2. The Bertz CT molecular complexity index is 235. The molecule has 1 heterocycles. The van der Waals surface area contributed by atoms with Crippen molar-refractivity contribution >= 4 is 0 Å². The first-order valence-corrected chi connectivity index (χ1v) is 4.71. The number of rotatable bonds is 6. The Balaban J connectivity index is 2.46. The summed E-state index contributed by atoms with van der Waals surface area (Å²) in [6.07, 6.45) is 1.74. The Morgan fingerprint density at radius 3 is 2.36 bits per heavy atom. The van der Waals surface area contributed by atoms with Gasteiger partial charge < -0.3 is 10.2 Å². The molecule has 1 aromatic heterocycles. The normalized spacial score (nSPS) is 10.8. The van der Waals surface area contributed by atoms with Crippen molar-refractivity contribution in [2.24, 2.45) is 0 Å². The zero-order valence-electron chi connectivity index (χ0n) is 8.13. The van der Waals surface area contributed by atoms with Gasteiger partial charge >= 0.3 is 0 Å². The highest BCUT2D eigenvalue weighted by Crippen LogP contribution is 1.99. The van der Waals surface area contributed by atoms with E-state index in [2.05, 4.69) is 4.98 Å². The molecule has 0 saturated carbocycles. The molecule has 0 aliphatic heterocycles. The van der Waals surface area contributed by atoms with Crippen molar-refractivity contribution in [2.75, 3.05) is 26.3 Å². The van der Waals surface area contributed by atoms with E-state index in [0.29, 0.717) is 19.6 Å². The first-order chi connectivity index (χ1) is 6.86. The van der Waals surface area contributed by atoms with Crippen molar-refractivity contribution in [1.82, 2.24) is 9.88 Å². The SMILES string of the molecule is OCCN(CCO)Cc1ccccn1. The monoisotopic (exact) mass is 196 g/mol. The van der Waals surface area contributed by atoms with Crippen molar-refractivity contribution in [3.05, 3.63) is 30.1 Å². The van der Waals surface area contributed by atoms with Gasteiger partial charge in [-0.05, 0) is 12.1 Å². The molecule has 0 aliphatic carbocycles. The van der Waals surface area contributed by atoms with Crippen LogP contribution in [0, 0.1) is 0 Å². The van der Waals surface area contributed by atoms with Gasteiger partial charge in [0.2, 0.25) is 0 Å². The van der Waals surface area contributed by atoms with Crippen LogP contribution < -0.4 is 0 Å². The molecule has 1 rings (SSSR count). The van der Waals surface area contributed by atoms with Crippen molar-refractivity contribution < 1.29 is 10.2 Å². The fourth-order valence-corrected chi connectivity index (χ4v) is 1.27. The second-order valence-electron chi connectivity index (χ2n) is 3.04. The molecular weight excluding hydrogens is 180 g/mol. The molecule has 4 nitrogen and oxygen atoms in total. The van der Waals surface area contributed by atoms with E-state index in [9.17, 15) is 0 Å². The predicted octanol–water partition coefficient (Wildman–Crippen LogP) is -0.132. The number of hydrogen-bond acceptors (Lipinski definition) is 4.